The van der Waals surface area contributed by atoms with Crippen LogP contribution in [0.25, 0.3) is 16.9 Å². The molecule has 3 heterocycles. The van der Waals surface area contributed by atoms with E-state index in [1.165, 1.54) is 18.3 Å². The summed E-state index contributed by atoms with van der Waals surface area (Å²) < 4.78 is 1.76. The van der Waals surface area contributed by atoms with Crippen molar-refractivity contribution >= 4 is 39.6 Å². The number of carbonyl (C=O) groups excluding carboxylic acids is 2. The third-order valence-electron chi connectivity index (χ3n) is 4.06. The second-order valence-corrected chi connectivity index (χ2v) is 7.00. The molecule has 0 fully saturated rings. The summed E-state index contributed by atoms with van der Waals surface area (Å²) >= 11 is 1.35. The number of amides is 2. The molecule has 0 aliphatic rings. The number of hydrogen-bond acceptors (Lipinski definition) is 6. The summed E-state index contributed by atoms with van der Waals surface area (Å²) in [5.74, 6) is 0.340. The molecule has 0 saturated heterocycles. The molecule has 2 N–H and O–H groups in total. The largest absolute Gasteiger partial charge is 0.326 e. The Morgan fingerprint density at radius 1 is 1.04 bits per heavy atom. The number of anilines is 2. The lowest BCUT2D eigenvalue weighted by Crippen LogP contribution is -2.12. The number of aryl methyl sites for hydroxylation is 1. The Hall–Kier alpha value is -3.59. The van der Waals surface area contributed by atoms with Gasteiger partial charge in [-0.05, 0) is 31.2 Å². The number of carbonyl (C=O) groups is 2. The van der Waals surface area contributed by atoms with Crippen molar-refractivity contribution in [2.45, 2.75) is 13.8 Å². The summed E-state index contributed by atoms with van der Waals surface area (Å²) in [6.07, 6.45) is 1.70. The van der Waals surface area contributed by atoms with Crippen LogP contribution < -0.4 is 10.6 Å². The van der Waals surface area contributed by atoms with Crippen LogP contribution in [0.15, 0.2) is 48.0 Å². The van der Waals surface area contributed by atoms with E-state index in [0.717, 1.165) is 16.9 Å². The SMILES string of the molecule is CC(=O)Nc1ccc(-c2csc(NC(=O)c3ccc4nnc(C)n4c3)n2)cc1. The predicted octanol–water partition coefficient (Wildman–Crippen LogP) is 3.37. The van der Waals surface area contributed by atoms with Crippen LogP contribution in [-0.4, -0.2) is 31.4 Å². The van der Waals surface area contributed by atoms with E-state index in [-0.39, 0.29) is 11.8 Å². The maximum Gasteiger partial charge on any atom is 0.258 e. The zero-order valence-corrected chi connectivity index (χ0v) is 15.9. The van der Waals surface area contributed by atoms with Crippen molar-refractivity contribution in [3.05, 3.63) is 59.4 Å². The van der Waals surface area contributed by atoms with Gasteiger partial charge in [-0.3, -0.25) is 19.3 Å². The number of pyridine rings is 1. The lowest BCUT2D eigenvalue weighted by Gasteiger charge is -2.04. The van der Waals surface area contributed by atoms with Crippen molar-refractivity contribution in [1.29, 1.82) is 0 Å². The van der Waals surface area contributed by atoms with Gasteiger partial charge < -0.3 is 5.32 Å². The van der Waals surface area contributed by atoms with E-state index >= 15 is 0 Å². The Morgan fingerprint density at radius 2 is 1.82 bits per heavy atom. The van der Waals surface area contributed by atoms with Crippen LogP contribution >= 0.6 is 11.3 Å². The maximum atomic E-state index is 12.5. The van der Waals surface area contributed by atoms with Crippen LogP contribution in [0.3, 0.4) is 0 Å². The van der Waals surface area contributed by atoms with E-state index in [4.69, 9.17) is 0 Å². The highest BCUT2D eigenvalue weighted by atomic mass is 32.1. The maximum absolute atomic E-state index is 12.5. The zero-order chi connectivity index (χ0) is 19.7. The van der Waals surface area contributed by atoms with Gasteiger partial charge in [0, 0.05) is 29.8 Å². The van der Waals surface area contributed by atoms with Gasteiger partial charge in [-0.25, -0.2) is 4.98 Å². The quantitative estimate of drug-likeness (QED) is 0.554. The molecule has 1 aromatic carbocycles. The lowest BCUT2D eigenvalue weighted by molar-refractivity contribution is -0.114. The minimum atomic E-state index is -0.253. The third-order valence-corrected chi connectivity index (χ3v) is 4.82. The van der Waals surface area contributed by atoms with Crippen molar-refractivity contribution in [3.8, 4) is 11.3 Å². The number of hydrogen-bond donors (Lipinski definition) is 2. The van der Waals surface area contributed by atoms with Crippen molar-refractivity contribution < 1.29 is 9.59 Å². The molecule has 28 heavy (non-hydrogen) atoms. The van der Waals surface area contributed by atoms with Gasteiger partial charge in [0.25, 0.3) is 5.91 Å². The van der Waals surface area contributed by atoms with Crippen molar-refractivity contribution in [3.63, 3.8) is 0 Å². The first-order chi connectivity index (χ1) is 13.5. The highest BCUT2D eigenvalue weighted by molar-refractivity contribution is 7.14. The highest BCUT2D eigenvalue weighted by Gasteiger charge is 2.12. The minimum absolute atomic E-state index is 0.119. The number of rotatable bonds is 4. The van der Waals surface area contributed by atoms with E-state index in [9.17, 15) is 9.59 Å². The van der Waals surface area contributed by atoms with Crippen molar-refractivity contribution in [2.75, 3.05) is 10.6 Å². The van der Waals surface area contributed by atoms with Gasteiger partial charge in [0.05, 0.1) is 11.3 Å². The van der Waals surface area contributed by atoms with Gasteiger partial charge in [-0.1, -0.05) is 12.1 Å². The summed E-state index contributed by atoms with van der Waals surface area (Å²) in [5, 5.41) is 15.9. The van der Waals surface area contributed by atoms with E-state index in [0.29, 0.717) is 22.2 Å². The number of nitrogens with zero attached hydrogens (tertiary/aromatic N) is 4. The Morgan fingerprint density at radius 3 is 2.57 bits per heavy atom. The molecule has 0 aliphatic carbocycles. The summed E-state index contributed by atoms with van der Waals surface area (Å²) in [5.41, 5.74) is 3.55. The molecular formula is C19H16N6O2S. The highest BCUT2D eigenvalue weighted by Crippen LogP contribution is 2.26. The average Bonchev–Trinajstić information content (AvgIpc) is 3.29. The molecule has 2 amide bonds. The summed E-state index contributed by atoms with van der Waals surface area (Å²) in [4.78, 5) is 28.1. The van der Waals surface area contributed by atoms with Crippen molar-refractivity contribution in [1.82, 2.24) is 19.6 Å². The normalized spacial score (nSPS) is 10.8. The van der Waals surface area contributed by atoms with E-state index < -0.39 is 0 Å². The average molecular weight is 392 g/mol. The zero-order valence-electron chi connectivity index (χ0n) is 15.1. The number of thiazole rings is 1. The van der Waals surface area contributed by atoms with Crippen LogP contribution in [0.4, 0.5) is 10.8 Å². The van der Waals surface area contributed by atoms with Crippen LogP contribution in [0.1, 0.15) is 23.1 Å². The van der Waals surface area contributed by atoms with Gasteiger partial charge in [0.15, 0.2) is 10.8 Å². The molecule has 0 atom stereocenters. The molecule has 4 aromatic rings. The molecule has 0 spiro atoms. The van der Waals surface area contributed by atoms with E-state index in [2.05, 4.69) is 25.8 Å². The second kappa shape index (κ2) is 7.20. The molecule has 140 valence electrons. The number of aromatic nitrogens is 4. The van der Waals surface area contributed by atoms with Crippen LogP contribution in [0.5, 0.6) is 0 Å². The first-order valence-electron chi connectivity index (χ1n) is 8.46. The standard InChI is InChI=1S/C19H16N6O2S/c1-11-23-24-17-8-5-14(9-25(11)17)18(27)22-19-21-16(10-28-19)13-3-6-15(7-4-13)20-12(2)26/h3-10H,1-2H3,(H,20,26)(H,21,22,27). The fourth-order valence-corrected chi connectivity index (χ4v) is 3.42. The first kappa shape index (κ1) is 17.8. The van der Waals surface area contributed by atoms with Crippen LogP contribution in [0.2, 0.25) is 0 Å². The molecule has 8 nitrogen and oxygen atoms in total. The smallest absolute Gasteiger partial charge is 0.258 e. The fraction of sp³-hybridized carbons (Fsp3) is 0.105. The van der Waals surface area contributed by atoms with Crippen molar-refractivity contribution in [2.24, 2.45) is 0 Å². The summed E-state index contributed by atoms with van der Waals surface area (Å²) in [7, 11) is 0. The van der Waals surface area contributed by atoms with Crippen LogP contribution in [0, 0.1) is 6.92 Å². The fourth-order valence-electron chi connectivity index (χ4n) is 2.70. The van der Waals surface area contributed by atoms with Gasteiger partial charge in [-0.2, -0.15) is 0 Å². The summed E-state index contributed by atoms with van der Waals surface area (Å²) in [6.45, 7) is 3.29. The number of benzene rings is 1. The molecule has 0 saturated carbocycles. The minimum Gasteiger partial charge on any atom is -0.326 e. The molecule has 0 bridgehead atoms. The van der Waals surface area contributed by atoms with E-state index in [1.807, 2.05) is 36.6 Å². The third kappa shape index (κ3) is 3.60. The topological polar surface area (TPSA) is 101 Å². The molecule has 0 aliphatic heterocycles. The van der Waals surface area contributed by atoms with Gasteiger partial charge >= 0.3 is 0 Å². The molecule has 0 unspecified atom stereocenters. The molecule has 3 aromatic heterocycles. The molecule has 9 heteroatoms. The van der Waals surface area contributed by atoms with Gasteiger partial charge in [0.2, 0.25) is 5.91 Å². The Labute approximate surface area is 164 Å². The monoisotopic (exact) mass is 392 g/mol. The lowest BCUT2D eigenvalue weighted by atomic mass is 10.1. The molecule has 4 rings (SSSR count). The van der Waals surface area contributed by atoms with Gasteiger partial charge in [-0.15, -0.1) is 21.5 Å². The Balaban J connectivity index is 1.50. The summed E-state index contributed by atoms with van der Waals surface area (Å²) in [6, 6.07) is 10.8. The van der Waals surface area contributed by atoms with Crippen LogP contribution in [-0.2, 0) is 4.79 Å². The predicted molar refractivity (Wildman–Crippen MR) is 108 cm³/mol. The van der Waals surface area contributed by atoms with Gasteiger partial charge in [0.1, 0.15) is 5.82 Å². The number of nitrogens with one attached hydrogen (secondary N) is 2. The molecular weight excluding hydrogens is 376 g/mol. The first-order valence-corrected chi connectivity index (χ1v) is 9.34. The van der Waals surface area contributed by atoms with E-state index in [1.54, 1.807) is 22.7 Å². The molecule has 0 radical (unpaired) electrons. The second-order valence-electron chi connectivity index (χ2n) is 6.14. The Bertz CT molecular complexity index is 1180. The number of fused-ring (bicyclic) bond motifs is 1. The Kier molecular flexibility index (Phi) is 4.58.